The topological polar surface area (TPSA) is 193 Å². The number of carbonyl (C=O) groups excluding carboxylic acids is 7. The summed E-state index contributed by atoms with van der Waals surface area (Å²) in [6.07, 6.45) is 6.48. The Hall–Kier alpha value is -5.31. The van der Waals surface area contributed by atoms with E-state index in [1.807, 2.05) is 55.5 Å². The van der Waals surface area contributed by atoms with Gasteiger partial charge in [0.05, 0.1) is 38.3 Å². The Balaban J connectivity index is 1.12. The molecule has 0 spiro atoms. The van der Waals surface area contributed by atoms with Crippen molar-refractivity contribution in [1.82, 2.24) is 31.1 Å². The van der Waals surface area contributed by atoms with Gasteiger partial charge in [-0.25, -0.2) is 0 Å². The molecule has 2 fully saturated rings. The third kappa shape index (κ3) is 11.3. The number of amides is 6. The number of likely N-dealkylation sites (N-methyl/N-ethyl adjacent to an activating group) is 1. The van der Waals surface area contributed by atoms with Crippen LogP contribution < -0.4 is 26.0 Å². The molecule has 2 aliphatic carbocycles. The molecule has 1 saturated heterocycles. The second-order valence-corrected chi connectivity index (χ2v) is 16.8. The lowest BCUT2D eigenvalue weighted by molar-refractivity contribution is -0.144. The quantitative estimate of drug-likeness (QED) is 0.232. The smallest absolute Gasteiger partial charge is 0.290 e. The number of ether oxygens (including phenoxy) is 2. The van der Waals surface area contributed by atoms with E-state index >= 15 is 0 Å². The van der Waals surface area contributed by atoms with Crippen molar-refractivity contribution < 1.29 is 43.0 Å². The van der Waals surface area contributed by atoms with Crippen LogP contribution in [0.15, 0.2) is 48.5 Å². The van der Waals surface area contributed by atoms with E-state index in [2.05, 4.69) is 21.3 Å². The molecule has 2 aromatic rings. The number of fused-ring (bicyclic) bond motifs is 5. The Kier molecular flexibility index (Phi) is 15.3. The van der Waals surface area contributed by atoms with Crippen LogP contribution in [0.25, 0.3) is 0 Å². The number of benzene rings is 2. The van der Waals surface area contributed by atoms with Gasteiger partial charge in [-0.1, -0.05) is 69.0 Å². The highest BCUT2D eigenvalue weighted by molar-refractivity contribution is 6.38. The molecule has 2 aliphatic heterocycles. The summed E-state index contributed by atoms with van der Waals surface area (Å²) in [7, 11) is 3.23. The molecule has 60 heavy (non-hydrogen) atoms. The van der Waals surface area contributed by atoms with Crippen LogP contribution in [0, 0.1) is 11.8 Å². The van der Waals surface area contributed by atoms with Crippen molar-refractivity contribution in [1.29, 1.82) is 0 Å². The maximum Gasteiger partial charge on any atom is 0.290 e. The van der Waals surface area contributed by atoms with Gasteiger partial charge in [0.25, 0.3) is 5.91 Å². The summed E-state index contributed by atoms with van der Waals surface area (Å²) >= 11 is 0. The molecule has 6 rings (SSSR count). The minimum absolute atomic E-state index is 0.0536. The average Bonchev–Trinajstić information content (AvgIpc) is 3.88. The van der Waals surface area contributed by atoms with Crippen LogP contribution in [0.3, 0.4) is 0 Å². The van der Waals surface area contributed by atoms with E-state index in [1.165, 1.54) is 9.80 Å². The number of ketones is 1. The van der Waals surface area contributed by atoms with E-state index < -0.39 is 60.3 Å². The number of Topliss-reactive ketones (excluding diaryl/α,β-unsaturated/α-hetero) is 1. The SMILES string of the molecule is CCC[C@@H](NC(=O)C1C[C@@H]2CN1C(=O)[C@H](C1CCCCC1)NC(=O)Cc1cccc(c1)OCCCO2)C(=O)C(=O)NCC(=O)N[C@H](C(=O)N(C)C)C1Cc2ccccc2C1. The number of hydrogen-bond donors (Lipinski definition) is 4. The van der Waals surface area contributed by atoms with Crippen LogP contribution in [0.2, 0.25) is 0 Å². The number of nitrogens with zero attached hydrogens (tertiary/aromatic N) is 2. The zero-order valence-electron chi connectivity index (χ0n) is 35.0. The maximum absolute atomic E-state index is 14.6. The first-order chi connectivity index (χ1) is 28.9. The Morgan fingerprint density at radius 2 is 1.65 bits per heavy atom. The summed E-state index contributed by atoms with van der Waals surface area (Å²) in [5.74, 6) is -3.85. The summed E-state index contributed by atoms with van der Waals surface area (Å²) in [4.78, 5) is 98.5. The molecular weight excluding hydrogens is 769 g/mol. The maximum atomic E-state index is 14.6. The van der Waals surface area contributed by atoms with Crippen LogP contribution in [-0.2, 0) is 57.6 Å². The van der Waals surface area contributed by atoms with Crippen molar-refractivity contribution in [2.75, 3.05) is 40.4 Å². The van der Waals surface area contributed by atoms with Crippen molar-refractivity contribution in [2.24, 2.45) is 11.8 Å². The van der Waals surface area contributed by atoms with Crippen molar-refractivity contribution in [2.45, 2.75) is 114 Å². The molecule has 4 N–H and O–H groups in total. The van der Waals surface area contributed by atoms with Crippen molar-refractivity contribution >= 4 is 41.2 Å². The lowest BCUT2D eigenvalue weighted by Gasteiger charge is -2.35. The molecule has 0 aromatic heterocycles. The van der Waals surface area contributed by atoms with E-state index in [9.17, 15) is 33.6 Å². The van der Waals surface area contributed by atoms with Crippen molar-refractivity contribution in [3.8, 4) is 5.75 Å². The molecule has 0 radical (unpaired) electrons. The number of rotatable bonds is 12. The third-order valence-electron chi connectivity index (χ3n) is 12.1. The molecule has 5 atom stereocenters. The molecule has 4 aliphatic rings. The Morgan fingerprint density at radius 3 is 2.35 bits per heavy atom. The first-order valence-electron chi connectivity index (χ1n) is 21.5. The molecule has 4 bridgehead atoms. The minimum Gasteiger partial charge on any atom is -0.493 e. The molecule has 2 aromatic carbocycles. The first kappa shape index (κ1) is 44.2. The van der Waals surface area contributed by atoms with Gasteiger partial charge in [-0.15, -0.1) is 0 Å². The predicted octanol–water partition coefficient (Wildman–Crippen LogP) is 2.02. The van der Waals surface area contributed by atoms with Gasteiger partial charge in [-0.3, -0.25) is 33.6 Å². The Morgan fingerprint density at radius 1 is 0.917 bits per heavy atom. The monoisotopic (exact) mass is 828 g/mol. The molecular formula is C45H60N6O9. The average molecular weight is 829 g/mol. The highest BCUT2D eigenvalue weighted by Crippen LogP contribution is 2.31. The second kappa shape index (κ2) is 20.8. The summed E-state index contributed by atoms with van der Waals surface area (Å²) in [6, 6.07) is 11.3. The van der Waals surface area contributed by atoms with Gasteiger partial charge in [0.15, 0.2) is 0 Å². The summed E-state index contributed by atoms with van der Waals surface area (Å²) in [5.41, 5.74) is 2.98. The van der Waals surface area contributed by atoms with Crippen LogP contribution >= 0.6 is 0 Å². The fourth-order valence-electron chi connectivity index (χ4n) is 9.04. The molecule has 15 heteroatoms. The molecule has 1 saturated carbocycles. The van der Waals surface area contributed by atoms with E-state index in [0.717, 1.165) is 48.8 Å². The van der Waals surface area contributed by atoms with Gasteiger partial charge < -0.3 is 40.5 Å². The summed E-state index contributed by atoms with van der Waals surface area (Å²) in [5, 5.41) is 10.9. The van der Waals surface area contributed by atoms with Gasteiger partial charge in [0.1, 0.15) is 23.9 Å². The molecule has 324 valence electrons. The Bertz CT molecular complexity index is 1870. The van der Waals surface area contributed by atoms with Crippen molar-refractivity contribution in [3.05, 3.63) is 65.2 Å². The van der Waals surface area contributed by atoms with Crippen LogP contribution in [0.1, 0.15) is 81.4 Å². The van der Waals surface area contributed by atoms with E-state index in [-0.39, 0.29) is 55.4 Å². The lowest BCUT2D eigenvalue weighted by Crippen LogP contribution is -2.58. The third-order valence-corrected chi connectivity index (χ3v) is 12.1. The first-order valence-corrected chi connectivity index (χ1v) is 21.5. The van der Waals surface area contributed by atoms with Crippen molar-refractivity contribution in [3.63, 3.8) is 0 Å². The number of nitrogens with one attached hydrogen (secondary N) is 4. The molecule has 2 heterocycles. The van der Waals surface area contributed by atoms with Gasteiger partial charge in [0.2, 0.25) is 35.3 Å². The highest BCUT2D eigenvalue weighted by atomic mass is 16.5. The van der Waals surface area contributed by atoms with E-state index in [4.69, 9.17) is 9.47 Å². The summed E-state index contributed by atoms with van der Waals surface area (Å²) in [6.45, 7) is 2.06. The summed E-state index contributed by atoms with van der Waals surface area (Å²) < 4.78 is 12.1. The van der Waals surface area contributed by atoms with Crippen LogP contribution in [-0.4, -0.2) is 122 Å². The Labute approximate surface area is 352 Å². The van der Waals surface area contributed by atoms with E-state index in [1.54, 1.807) is 14.1 Å². The number of carbonyl (C=O) groups is 7. The van der Waals surface area contributed by atoms with Gasteiger partial charge in [-0.05, 0) is 72.8 Å². The largest absolute Gasteiger partial charge is 0.493 e. The van der Waals surface area contributed by atoms with E-state index in [0.29, 0.717) is 44.6 Å². The minimum atomic E-state index is -1.23. The van der Waals surface area contributed by atoms with Gasteiger partial charge in [-0.2, -0.15) is 0 Å². The fraction of sp³-hybridized carbons (Fsp3) is 0.578. The van der Waals surface area contributed by atoms with Gasteiger partial charge >= 0.3 is 0 Å². The molecule has 15 nitrogen and oxygen atoms in total. The standard InChI is InChI=1S/C45H60N6O9/c1-4-12-35(41(54)43(56)46-26-38(53)49-40(44(57)50(2)3)32-23-30-16-8-9-17-31(30)24-32)47-42(55)36-25-34-27-51(36)45(58)39(29-14-6-5-7-15-29)48-37(52)22-28-13-10-18-33(21-28)59-19-11-20-60-34/h8-10,13,16-18,21,29,32,34-36,39-40H,4-7,11-12,14-15,19-20,22-27H2,1-3H3,(H,46,56)(H,47,55)(H,48,52)(H,49,53)/t34-,35-,36?,39+,40+/m1/s1. The zero-order valence-corrected chi connectivity index (χ0v) is 35.0. The van der Waals surface area contributed by atoms with Crippen LogP contribution in [0.5, 0.6) is 5.75 Å². The molecule has 1 unspecified atom stereocenters. The normalized spacial score (nSPS) is 22.4. The van der Waals surface area contributed by atoms with Gasteiger partial charge in [0, 0.05) is 33.5 Å². The zero-order chi connectivity index (χ0) is 42.8. The second-order valence-electron chi connectivity index (χ2n) is 16.8. The molecule has 6 amide bonds. The lowest BCUT2D eigenvalue weighted by atomic mass is 9.83. The fourth-order valence-corrected chi connectivity index (χ4v) is 9.04. The predicted molar refractivity (Wildman–Crippen MR) is 221 cm³/mol. The van der Waals surface area contributed by atoms with Crippen LogP contribution in [0.4, 0.5) is 0 Å². The number of hydrogen-bond acceptors (Lipinski definition) is 9. The highest BCUT2D eigenvalue weighted by Gasteiger charge is 2.45.